The standard InChI is InChI=1S/C25H21NO7S/c1-31-18-8-6-17(7-9-18)21-14-23(28)25-22(12-19(32-2)13-24(25)33-3)26(21)34(29,30)20-10-4-16(15-27)5-11-20/h4-15H,1-3H3. The molecule has 0 spiro atoms. The van der Waals surface area contributed by atoms with Crippen LogP contribution in [0, 0.1) is 0 Å². The number of methoxy groups -OCH3 is 3. The number of carbonyl (C=O) groups is 1. The molecule has 0 aliphatic rings. The van der Waals surface area contributed by atoms with E-state index >= 15 is 0 Å². The maximum absolute atomic E-state index is 13.9. The molecule has 34 heavy (non-hydrogen) atoms. The zero-order chi connectivity index (χ0) is 24.5. The molecule has 174 valence electrons. The van der Waals surface area contributed by atoms with E-state index in [1.54, 1.807) is 24.3 Å². The number of aldehydes is 1. The second kappa shape index (κ2) is 9.03. The van der Waals surface area contributed by atoms with E-state index in [1.807, 2.05) is 0 Å². The third-order valence-corrected chi connectivity index (χ3v) is 7.14. The van der Waals surface area contributed by atoms with Crippen LogP contribution >= 0.6 is 0 Å². The van der Waals surface area contributed by atoms with Gasteiger partial charge in [-0.3, -0.25) is 9.59 Å². The minimum Gasteiger partial charge on any atom is -0.497 e. The molecule has 0 unspecified atom stereocenters. The van der Waals surface area contributed by atoms with Crippen LogP contribution in [0.1, 0.15) is 10.4 Å². The first-order valence-electron chi connectivity index (χ1n) is 10.1. The fourth-order valence-electron chi connectivity index (χ4n) is 3.69. The molecule has 1 heterocycles. The Labute approximate surface area is 196 Å². The molecule has 0 fully saturated rings. The van der Waals surface area contributed by atoms with Gasteiger partial charge in [-0.2, -0.15) is 0 Å². The summed E-state index contributed by atoms with van der Waals surface area (Å²) in [4.78, 5) is 24.2. The van der Waals surface area contributed by atoms with Crippen molar-refractivity contribution in [3.8, 4) is 28.5 Å². The Morgan fingerprint density at radius 3 is 2.00 bits per heavy atom. The molecule has 0 aliphatic heterocycles. The fraction of sp³-hybridized carbons (Fsp3) is 0.120. The van der Waals surface area contributed by atoms with Gasteiger partial charge in [-0.25, -0.2) is 12.4 Å². The number of hydrogen-bond acceptors (Lipinski definition) is 7. The predicted molar refractivity (Wildman–Crippen MR) is 128 cm³/mol. The minimum atomic E-state index is -4.23. The molecule has 1 aromatic heterocycles. The maximum atomic E-state index is 13.9. The summed E-state index contributed by atoms with van der Waals surface area (Å²) in [6.45, 7) is 0. The lowest BCUT2D eigenvalue weighted by Gasteiger charge is -2.19. The molecule has 4 aromatic rings. The molecule has 0 N–H and O–H groups in total. The zero-order valence-corrected chi connectivity index (χ0v) is 19.5. The molecular weight excluding hydrogens is 458 g/mol. The number of rotatable bonds is 7. The van der Waals surface area contributed by atoms with Crippen molar-refractivity contribution in [2.45, 2.75) is 4.90 Å². The number of hydrogen-bond donors (Lipinski definition) is 0. The molecule has 0 atom stereocenters. The van der Waals surface area contributed by atoms with Crippen molar-refractivity contribution in [2.75, 3.05) is 21.3 Å². The van der Waals surface area contributed by atoms with Crippen LogP contribution in [0.4, 0.5) is 0 Å². The van der Waals surface area contributed by atoms with Crippen molar-refractivity contribution in [3.63, 3.8) is 0 Å². The number of ether oxygens (including phenoxy) is 3. The average Bonchev–Trinajstić information content (AvgIpc) is 2.87. The van der Waals surface area contributed by atoms with E-state index in [-0.39, 0.29) is 27.2 Å². The van der Waals surface area contributed by atoms with Gasteiger partial charge in [0.05, 0.1) is 42.8 Å². The van der Waals surface area contributed by atoms with Gasteiger partial charge in [0.25, 0.3) is 10.0 Å². The van der Waals surface area contributed by atoms with Crippen LogP contribution < -0.4 is 19.6 Å². The third kappa shape index (κ3) is 3.90. The van der Waals surface area contributed by atoms with Crippen LogP contribution in [-0.2, 0) is 10.0 Å². The zero-order valence-electron chi connectivity index (χ0n) is 18.6. The van der Waals surface area contributed by atoms with Gasteiger partial charge in [0.2, 0.25) is 0 Å². The van der Waals surface area contributed by atoms with Crippen molar-refractivity contribution >= 4 is 27.2 Å². The fourth-order valence-corrected chi connectivity index (χ4v) is 5.20. The summed E-state index contributed by atoms with van der Waals surface area (Å²) in [6.07, 6.45) is 0.629. The highest BCUT2D eigenvalue weighted by molar-refractivity contribution is 7.90. The van der Waals surface area contributed by atoms with Crippen LogP contribution in [0.15, 0.2) is 76.4 Å². The molecule has 0 saturated heterocycles. The quantitative estimate of drug-likeness (QED) is 0.372. The summed E-state index contributed by atoms with van der Waals surface area (Å²) in [5, 5.41) is 0.0913. The second-order valence-electron chi connectivity index (χ2n) is 7.30. The Kier molecular flexibility index (Phi) is 6.12. The normalized spacial score (nSPS) is 11.3. The number of fused-ring (bicyclic) bond motifs is 1. The summed E-state index contributed by atoms with van der Waals surface area (Å²) >= 11 is 0. The van der Waals surface area contributed by atoms with E-state index in [0.717, 1.165) is 3.97 Å². The Balaban J connectivity index is 2.15. The van der Waals surface area contributed by atoms with E-state index < -0.39 is 15.5 Å². The lowest BCUT2D eigenvalue weighted by atomic mass is 10.1. The molecule has 3 aromatic carbocycles. The SMILES string of the molecule is COc1ccc(-c2cc(=O)c3c(OC)cc(OC)cc3n2S(=O)(=O)c2ccc(C=O)cc2)cc1. The first kappa shape index (κ1) is 23.1. The Hall–Kier alpha value is -4.11. The number of nitrogens with zero attached hydrogens (tertiary/aromatic N) is 1. The van der Waals surface area contributed by atoms with Crippen molar-refractivity contribution in [1.29, 1.82) is 0 Å². The third-order valence-electron chi connectivity index (χ3n) is 5.40. The van der Waals surface area contributed by atoms with Crippen molar-refractivity contribution in [1.82, 2.24) is 3.97 Å². The molecule has 0 radical (unpaired) electrons. The van der Waals surface area contributed by atoms with Gasteiger partial charge in [-0.1, -0.05) is 12.1 Å². The summed E-state index contributed by atoms with van der Waals surface area (Å²) < 4.78 is 44.9. The summed E-state index contributed by atoms with van der Waals surface area (Å²) in [5.41, 5.74) is 0.643. The molecule has 0 aliphatic carbocycles. The van der Waals surface area contributed by atoms with Crippen molar-refractivity contribution in [3.05, 3.63) is 82.5 Å². The Bertz CT molecular complexity index is 1540. The summed E-state index contributed by atoms with van der Waals surface area (Å²) in [6, 6.07) is 16.5. The lowest BCUT2D eigenvalue weighted by Crippen LogP contribution is -2.20. The van der Waals surface area contributed by atoms with Crippen LogP contribution in [0.3, 0.4) is 0 Å². The molecular formula is C25H21NO7S. The van der Waals surface area contributed by atoms with Gasteiger partial charge < -0.3 is 14.2 Å². The monoisotopic (exact) mass is 479 g/mol. The van der Waals surface area contributed by atoms with Crippen molar-refractivity contribution < 1.29 is 27.4 Å². The maximum Gasteiger partial charge on any atom is 0.268 e. The molecule has 9 heteroatoms. The molecule has 4 rings (SSSR count). The average molecular weight is 480 g/mol. The van der Waals surface area contributed by atoms with Gasteiger partial charge in [-0.05, 0) is 42.0 Å². The number of pyridine rings is 1. The highest BCUT2D eigenvalue weighted by Gasteiger charge is 2.26. The van der Waals surface area contributed by atoms with Gasteiger partial charge in [0.1, 0.15) is 23.5 Å². The molecule has 0 amide bonds. The van der Waals surface area contributed by atoms with Gasteiger partial charge in [0, 0.05) is 23.8 Å². The second-order valence-corrected chi connectivity index (χ2v) is 9.09. The van der Waals surface area contributed by atoms with E-state index in [9.17, 15) is 18.0 Å². The molecule has 0 bridgehead atoms. The van der Waals surface area contributed by atoms with Gasteiger partial charge in [-0.15, -0.1) is 0 Å². The molecule has 0 saturated carbocycles. The van der Waals surface area contributed by atoms with E-state index in [0.29, 0.717) is 28.9 Å². The van der Waals surface area contributed by atoms with E-state index in [2.05, 4.69) is 0 Å². The highest BCUT2D eigenvalue weighted by Crippen LogP contribution is 2.35. The smallest absolute Gasteiger partial charge is 0.268 e. The Morgan fingerprint density at radius 1 is 0.794 bits per heavy atom. The first-order valence-corrected chi connectivity index (χ1v) is 11.5. The van der Waals surface area contributed by atoms with Crippen LogP contribution in [0.2, 0.25) is 0 Å². The lowest BCUT2D eigenvalue weighted by molar-refractivity contribution is 0.112. The molecule has 8 nitrogen and oxygen atoms in total. The largest absolute Gasteiger partial charge is 0.497 e. The summed E-state index contributed by atoms with van der Waals surface area (Å²) in [7, 11) is 0.113. The topological polar surface area (TPSA) is 101 Å². The Morgan fingerprint density at radius 2 is 1.44 bits per heavy atom. The number of benzene rings is 3. The van der Waals surface area contributed by atoms with Gasteiger partial charge >= 0.3 is 0 Å². The van der Waals surface area contributed by atoms with E-state index in [4.69, 9.17) is 14.2 Å². The number of aromatic nitrogens is 1. The van der Waals surface area contributed by atoms with Crippen LogP contribution in [-0.4, -0.2) is 40.0 Å². The van der Waals surface area contributed by atoms with Crippen LogP contribution in [0.25, 0.3) is 22.2 Å². The van der Waals surface area contributed by atoms with Gasteiger partial charge in [0.15, 0.2) is 5.43 Å². The highest BCUT2D eigenvalue weighted by atomic mass is 32.2. The van der Waals surface area contributed by atoms with Crippen LogP contribution in [0.5, 0.6) is 17.2 Å². The number of carbonyl (C=O) groups excluding carboxylic acids is 1. The minimum absolute atomic E-state index is 0.0559. The first-order chi connectivity index (χ1) is 16.3. The summed E-state index contributed by atoms with van der Waals surface area (Å²) in [5.74, 6) is 1.07. The van der Waals surface area contributed by atoms with Crippen molar-refractivity contribution in [2.24, 2.45) is 0 Å². The predicted octanol–water partition coefficient (Wildman–Crippen LogP) is 3.74. The van der Waals surface area contributed by atoms with E-state index in [1.165, 1.54) is 63.8 Å².